The van der Waals surface area contributed by atoms with E-state index in [2.05, 4.69) is 31.2 Å². The second-order valence-corrected chi connectivity index (χ2v) is 9.16. The lowest BCUT2D eigenvalue weighted by molar-refractivity contribution is -0.180. The first kappa shape index (κ1) is 29.4. The molecule has 0 aliphatic carbocycles. The Morgan fingerprint density at radius 2 is 1.55 bits per heavy atom. The lowest BCUT2D eigenvalue weighted by Crippen LogP contribution is -2.27. The molecule has 33 heavy (non-hydrogen) atoms. The van der Waals surface area contributed by atoms with Crippen LogP contribution in [0.25, 0.3) is 0 Å². The van der Waals surface area contributed by atoms with Crippen molar-refractivity contribution < 1.29 is 23.8 Å². The van der Waals surface area contributed by atoms with Gasteiger partial charge in [0.2, 0.25) is 6.29 Å². The van der Waals surface area contributed by atoms with Crippen molar-refractivity contribution >= 4 is 11.9 Å². The van der Waals surface area contributed by atoms with E-state index in [-0.39, 0.29) is 31.2 Å². The van der Waals surface area contributed by atoms with Crippen molar-refractivity contribution in [1.82, 2.24) is 4.90 Å². The van der Waals surface area contributed by atoms with E-state index in [0.29, 0.717) is 12.8 Å². The fourth-order valence-electron chi connectivity index (χ4n) is 3.66. The molecule has 0 unspecified atom stereocenters. The van der Waals surface area contributed by atoms with Crippen molar-refractivity contribution in [3.05, 3.63) is 24.3 Å². The molecule has 1 fully saturated rings. The number of hydrogen-bond acceptors (Lipinski definition) is 6. The summed E-state index contributed by atoms with van der Waals surface area (Å²) in [6, 6.07) is 0. The first-order valence-corrected chi connectivity index (χ1v) is 13.0. The van der Waals surface area contributed by atoms with Gasteiger partial charge >= 0.3 is 11.9 Å². The van der Waals surface area contributed by atoms with Crippen molar-refractivity contribution in [3.8, 4) is 0 Å². The number of carbonyl (C=O) groups excluding carboxylic acids is 2. The predicted molar refractivity (Wildman–Crippen MR) is 133 cm³/mol. The van der Waals surface area contributed by atoms with Crippen molar-refractivity contribution in [3.63, 3.8) is 0 Å². The monoisotopic (exact) mass is 465 g/mol. The molecule has 1 heterocycles. The van der Waals surface area contributed by atoms with Gasteiger partial charge in [-0.2, -0.15) is 0 Å². The van der Waals surface area contributed by atoms with Crippen LogP contribution in [0.15, 0.2) is 24.3 Å². The summed E-state index contributed by atoms with van der Waals surface area (Å²) < 4.78 is 16.3. The molecule has 0 saturated carbocycles. The maximum Gasteiger partial charge on any atom is 0.320 e. The fraction of sp³-hybridized carbons (Fsp3) is 0.778. The highest BCUT2D eigenvalue weighted by Crippen LogP contribution is 2.22. The third-order valence-corrected chi connectivity index (χ3v) is 5.54. The van der Waals surface area contributed by atoms with E-state index in [4.69, 9.17) is 14.2 Å². The topological polar surface area (TPSA) is 65.1 Å². The highest BCUT2D eigenvalue weighted by Gasteiger charge is 2.29. The molecule has 0 aromatic heterocycles. The van der Waals surface area contributed by atoms with Crippen LogP contribution in [0.2, 0.25) is 0 Å². The van der Waals surface area contributed by atoms with E-state index in [0.717, 1.165) is 38.5 Å². The Morgan fingerprint density at radius 1 is 0.879 bits per heavy atom. The van der Waals surface area contributed by atoms with Crippen LogP contribution in [0.5, 0.6) is 0 Å². The normalized spacial score (nSPS) is 18.5. The zero-order valence-corrected chi connectivity index (χ0v) is 21.3. The summed E-state index contributed by atoms with van der Waals surface area (Å²) in [4.78, 5) is 25.4. The molecule has 2 atom stereocenters. The number of esters is 2. The minimum absolute atomic E-state index is 0.190. The quantitative estimate of drug-likeness (QED) is 0.133. The third kappa shape index (κ3) is 17.5. The Labute approximate surface area is 201 Å². The number of unbranched alkanes of at least 4 members (excludes halogenated alkanes) is 8. The van der Waals surface area contributed by atoms with E-state index < -0.39 is 6.29 Å². The molecule has 0 aromatic carbocycles. The fourth-order valence-corrected chi connectivity index (χ4v) is 3.66. The summed E-state index contributed by atoms with van der Waals surface area (Å²) >= 11 is 0. The van der Waals surface area contributed by atoms with E-state index in [9.17, 15) is 9.59 Å². The number of carbonyl (C=O) groups is 2. The average Bonchev–Trinajstić information content (AvgIpc) is 3.21. The second-order valence-electron chi connectivity index (χ2n) is 9.16. The lowest BCUT2D eigenvalue weighted by atomic mass is 10.1. The molecule has 0 bridgehead atoms. The smallest absolute Gasteiger partial charge is 0.320 e. The summed E-state index contributed by atoms with van der Waals surface area (Å²) in [5.74, 6) is -0.471. The molecule has 0 spiro atoms. The molecular weight excluding hydrogens is 418 g/mol. The van der Waals surface area contributed by atoms with Crippen LogP contribution in [-0.4, -0.2) is 56.5 Å². The summed E-state index contributed by atoms with van der Waals surface area (Å²) in [6.07, 6.45) is 23.0. The van der Waals surface area contributed by atoms with Gasteiger partial charge in [0.25, 0.3) is 0 Å². The summed E-state index contributed by atoms with van der Waals surface area (Å²) in [5.41, 5.74) is 0. The minimum Gasteiger partial charge on any atom is -0.462 e. The average molecular weight is 466 g/mol. The van der Waals surface area contributed by atoms with Gasteiger partial charge < -0.3 is 14.2 Å². The number of ether oxygens (including phenoxy) is 3. The molecule has 1 rings (SSSR count). The molecule has 1 aliphatic heterocycles. The molecule has 0 N–H and O–H groups in total. The lowest BCUT2D eigenvalue weighted by Gasteiger charge is -2.15. The van der Waals surface area contributed by atoms with Crippen LogP contribution in [0.1, 0.15) is 96.8 Å². The molecule has 0 radical (unpaired) electrons. The van der Waals surface area contributed by atoms with Gasteiger partial charge in [0.05, 0.1) is 12.6 Å². The number of hydrogen-bond donors (Lipinski definition) is 0. The molecule has 6 heteroatoms. The molecule has 190 valence electrons. The SMILES string of the molecule is CCCCC/C=C\C/C=C\CCCCCCCC(=O)O[C@H]1CC[C@@H](COC(=O)CN(C)C)O1. The standard InChI is InChI=1S/C27H47NO5/c1-4-5-6-7-8-9-10-11-12-13-14-15-16-17-18-19-25(29)33-27-21-20-24(32-27)23-31-26(30)22-28(2)3/h8-9,11-12,24,27H,4-7,10,13-23H2,1-3H3/b9-8-,12-11-/t24-,27-/m0/s1. The third-order valence-electron chi connectivity index (χ3n) is 5.54. The van der Waals surface area contributed by atoms with Gasteiger partial charge in [-0.1, -0.05) is 63.3 Å². The van der Waals surface area contributed by atoms with Crippen molar-refractivity contribution in [2.75, 3.05) is 27.2 Å². The summed E-state index contributed by atoms with van der Waals surface area (Å²) in [7, 11) is 3.63. The van der Waals surface area contributed by atoms with Gasteiger partial charge in [0.15, 0.2) is 0 Å². The van der Waals surface area contributed by atoms with Crippen LogP contribution in [0.3, 0.4) is 0 Å². The maximum absolute atomic E-state index is 12.0. The first-order chi connectivity index (χ1) is 16.0. The Balaban J connectivity index is 1.93. The van der Waals surface area contributed by atoms with Gasteiger partial charge in [-0.25, -0.2) is 0 Å². The van der Waals surface area contributed by atoms with Gasteiger partial charge in [-0.15, -0.1) is 0 Å². The van der Waals surface area contributed by atoms with Gasteiger partial charge in [-0.3, -0.25) is 14.5 Å². The summed E-state index contributed by atoms with van der Waals surface area (Å²) in [6.45, 7) is 2.70. The van der Waals surface area contributed by atoms with Crippen LogP contribution in [-0.2, 0) is 23.8 Å². The molecule has 1 saturated heterocycles. The Kier molecular flexibility index (Phi) is 17.6. The molecular formula is C27H47NO5. The molecule has 6 nitrogen and oxygen atoms in total. The van der Waals surface area contributed by atoms with Crippen molar-refractivity contribution in [1.29, 1.82) is 0 Å². The van der Waals surface area contributed by atoms with Crippen LogP contribution < -0.4 is 0 Å². The van der Waals surface area contributed by atoms with Gasteiger partial charge in [0.1, 0.15) is 6.61 Å². The van der Waals surface area contributed by atoms with Gasteiger partial charge in [-0.05, 0) is 59.0 Å². The van der Waals surface area contributed by atoms with Gasteiger partial charge in [0, 0.05) is 12.8 Å². The Bertz CT molecular complexity index is 573. The highest BCUT2D eigenvalue weighted by atomic mass is 16.7. The second kappa shape index (κ2) is 19.8. The molecule has 0 aromatic rings. The zero-order chi connectivity index (χ0) is 24.2. The molecule has 1 aliphatic rings. The van der Waals surface area contributed by atoms with Crippen molar-refractivity contribution in [2.24, 2.45) is 0 Å². The van der Waals surface area contributed by atoms with E-state index in [1.807, 2.05) is 14.1 Å². The summed E-state index contributed by atoms with van der Waals surface area (Å²) in [5, 5.41) is 0. The van der Waals surface area contributed by atoms with Crippen LogP contribution in [0, 0.1) is 0 Å². The maximum atomic E-state index is 12.0. The highest BCUT2D eigenvalue weighted by molar-refractivity contribution is 5.71. The van der Waals surface area contributed by atoms with E-state index in [1.165, 1.54) is 38.5 Å². The Hall–Kier alpha value is -1.66. The van der Waals surface area contributed by atoms with E-state index in [1.54, 1.807) is 4.90 Å². The zero-order valence-electron chi connectivity index (χ0n) is 21.3. The number of rotatable bonds is 19. The predicted octanol–water partition coefficient (Wildman–Crippen LogP) is 5.95. The number of likely N-dealkylation sites (N-methyl/N-ethyl adjacent to an activating group) is 1. The van der Waals surface area contributed by atoms with E-state index >= 15 is 0 Å². The number of allylic oxidation sites excluding steroid dienone is 4. The minimum atomic E-state index is -0.506. The Morgan fingerprint density at radius 3 is 2.24 bits per heavy atom. The largest absolute Gasteiger partial charge is 0.462 e. The van der Waals surface area contributed by atoms with Crippen LogP contribution in [0.4, 0.5) is 0 Å². The first-order valence-electron chi connectivity index (χ1n) is 13.0. The van der Waals surface area contributed by atoms with Crippen LogP contribution >= 0.6 is 0 Å². The molecule has 0 amide bonds. The number of nitrogens with zero attached hydrogens (tertiary/aromatic N) is 1. The van der Waals surface area contributed by atoms with Crippen molar-refractivity contribution in [2.45, 2.75) is 109 Å².